The Morgan fingerprint density at radius 3 is 2.78 bits per heavy atom. The first kappa shape index (κ1) is 14.2. The van der Waals surface area contributed by atoms with Crippen LogP contribution in [0.4, 0.5) is 5.82 Å². The summed E-state index contributed by atoms with van der Waals surface area (Å²) in [5.41, 5.74) is 0. The molecule has 1 aliphatic rings. The number of hydrogen-bond donors (Lipinski definition) is 1. The first-order valence-corrected chi connectivity index (χ1v) is 7.51. The molecule has 0 spiro atoms. The maximum atomic E-state index is 6.12. The minimum absolute atomic E-state index is 0.298. The van der Waals surface area contributed by atoms with Crippen molar-refractivity contribution in [1.82, 2.24) is 4.98 Å². The molecule has 18 heavy (non-hydrogen) atoms. The van der Waals surface area contributed by atoms with Crippen LogP contribution in [0.5, 0.6) is 0 Å². The van der Waals surface area contributed by atoms with Crippen molar-refractivity contribution >= 4 is 40.6 Å². The van der Waals surface area contributed by atoms with Gasteiger partial charge in [0, 0.05) is 6.04 Å². The molecule has 1 aromatic rings. The molecule has 5 heteroatoms. The van der Waals surface area contributed by atoms with E-state index in [0.29, 0.717) is 27.1 Å². The molecule has 100 valence electrons. The Morgan fingerprint density at radius 2 is 2.06 bits per heavy atom. The zero-order valence-electron chi connectivity index (χ0n) is 10.3. The topological polar surface area (TPSA) is 24.9 Å². The van der Waals surface area contributed by atoms with Gasteiger partial charge in [-0.1, -0.05) is 61.0 Å². The minimum Gasteiger partial charge on any atom is -0.366 e. The van der Waals surface area contributed by atoms with Gasteiger partial charge >= 0.3 is 0 Å². The summed E-state index contributed by atoms with van der Waals surface area (Å²) in [6, 6.07) is 2.08. The predicted octanol–water partition coefficient (Wildman–Crippen LogP) is 5.42. The quantitative estimate of drug-likeness (QED) is 0.754. The van der Waals surface area contributed by atoms with Crippen molar-refractivity contribution in [2.24, 2.45) is 5.92 Å². The Kier molecular flexibility index (Phi) is 4.99. The predicted molar refractivity (Wildman–Crippen MR) is 78.9 cm³/mol. The monoisotopic (exact) mass is 306 g/mol. The van der Waals surface area contributed by atoms with Gasteiger partial charge in [0.05, 0.1) is 10.0 Å². The fourth-order valence-electron chi connectivity index (χ4n) is 2.53. The van der Waals surface area contributed by atoms with E-state index in [1.165, 1.54) is 25.7 Å². The lowest BCUT2D eigenvalue weighted by atomic mass is 9.84. The zero-order valence-corrected chi connectivity index (χ0v) is 12.6. The summed E-state index contributed by atoms with van der Waals surface area (Å²) < 4.78 is 0. The fourth-order valence-corrected chi connectivity index (χ4v) is 3.08. The smallest absolute Gasteiger partial charge is 0.150 e. The molecular weight excluding hydrogens is 291 g/mol. The van der Waals surface area contributed by atoms with E-state index in [-0.39, 0.29) is 0 Å². The van der Waals surface area contributed by atoms with Crippen LogP contribution in [-0.4, -0.2) is 11.0 Å². The second-order valence-electron chi connectivity index (χ2n) is 4.87. The standard InChI is InChI=1S/C13H17Cl3N2/c1-2-8-4-3-5-9(6-8)17-13-11(15)7-10(14)12(16)18-13/h7-9H,2-6H2,1H3,(H,17,18). The number of aromatic nitrogens is 1. The van der Waals surface area contributed by atoms with Crippen LogP contribution in [0.1, 0.15) is 39.0 Å². The van der Waals surface area contributed by atoms with Crippen LogP contribution in [0.2, 0.25) is 15.2 Å². The van der Waals surface area contributed by atoms with E-state index < -0.39 is 0 Å². The first-order valence-electron chi connectivity index (χ1n) is 6.38. The lowest BCUT2D eigenvalue weighted by Gasteiger charge is -2.29. The van der Waals surface area contributed by atoms with Gasteiger partial charge in [-0.15, -0.1) is 0 Å². The highest BCUT2D eigenvalue weighted by molar-refractivity contribution is 6.42. The highest BCUT2D eigenvalue weighted by atomic mass is 35.5. The van der Waals surface area contributed by atoms with Crippen molar-refractivity contribution in [3.05, 3.63) is 21.3 Å². The maximum absolute atomic E-state index is 6.12. The summed E-state index contributed by atoms with van der Waals surface area (Å²) in [6.45, 7) is 2.25. The summed E-state index contributed by atoms with van der Waals surface area (Å²) in [5.74, 6) is 1.45. The van der Waals surface area contributed by atoms with E-state index in [2.05, 4.69) is 17.2 Å². The van der Waals surface area contributed by atoms with Gasteiger partial charge in [-0.25, -0.2) is 4.98 Å². The molecule has 0 bridgehead atoms. The summed E-state index contributed by atoms with van der Waals surface area (Å²) in [4.78, 5) is 4.21. The number of anilines is 1. The maximum Gasteiger partial charge on any atom is 0.150 e. The molecule has 2 atom stereocenters. The van der Waals surface area contributed by atoms with E-state index in [0.717, 1.165) is 12.3 Å². The number of hydrogen-bond acceptors (Lipinski definition) is 2. The third-order valence-electron chi connectivity index (χ3n) is 3.59. The Hall–Kier alpha value is -0.180. The summed E-state index contributed by atoms with van der Waals surface area (Å²) in [5, 5.41) is 4.61. The molecule has 2 rings (SSSR count). The summed E-state index contributed by atoms with van der Waals surface area (Å²) in [6.07, 6.45) is 6.16. The van der Waals surface area contributed by atoms with Gasteiger partial charge in [-0.3, -0.25) is 0 Å². The third kappa shape index (κ3) is 3.43. The highest BCUT2D eigenvalue weighted by Gasteiger charge is 2.21. The molecule has 2 unspecified atom stereocenters. The van der Waals surface area contributed by atoms with E-state index in [1.807, 2.05) is 0 Å². The van der Waals surface area contributed by atoms with E-state index >= 15 is 0 Å². The molecule has 1 aromatic heterocycles. The highest BCUT2D eigenvalue weighted by Crippen LogP contribution is 2.32. The van der Waals surface area contributed by atoms with Crippen molar-refractivity contribution in [1.29, 1.82) is 0 Å². The Bertz CT molecular complexity index is 423. The molecule has 0 aromatic carbocycles. The Balaban J connectivity index is 2.07. The molecule has 1 N–H and O–H groups in total. The van der Waals surface area contributed by atoms with Gasteiger partial charge in [0.15, 0.2) is 0 Å². The first-order chi connectivity index (χ1) is 8.60. The Morgan fingerprint density at radius 1 is 1.28 bits per heavy atom. The second kappa shape index (κ2) is 6.31. The van der Waals surface area contributed by atoms with Crippen LogP contribution in [0.3, 0.4) is 0 Å². The number of pyridine rings is 1. The van der Waals surface area contributed by atoms with Gasteiger partial charge in [0.2, 0.25) is 0 Å². The SMILES string of the molecule is CCC1CCCC(Nc2nc(Cl)c(Cl)cc2Cl)C1. The lowest BCUT2D eigenvalue weighted by Crippen LogP contribution is -2.27. The van der Waals surface area contributed by atoms with Crippen LogP contribution < -0.4 is 5.32 Å². The molecule has 1 saturated carbocycles. The third-order valence-corrected chi connectivity index (χ3v) is 4.55. The van der Waals surface area contributed by atoms with Crippen molar-refractivity contribution < 1.29 is 0 Å². The van der Waals surface area contributed by atoms with Crippen LogP contribution in [0.25, 0.3) is 0 Å². The van der Waals surface area contributed by atoms with E-state index in [1.54, 1.807) is 6.07 Å². The molecule has 1 aliphatic carbocycles. The van der Waals surface area contributed by atoms with Gasteiger partial charge in [-0.05, 0) is 24.8 Å². The number of nitrogens with zero attached hydrogens (tertiary/aromatic N) is 1. The van der Waals surface area contributed by atoms with Crippen molar-refractivity contribution in [2.45, 2.75) is 45.1 Å². The molecule has 2 nitrogen and oxygen atoms in total. The molecule has 0 aliphatic heterocycles. The fraction of sp³-hybridized carbons (Fsp3) is 0.615. The number of halogens is 3. The molecule has 0 saturated heterocycles. The molecule has 0 radical (unpaired) electrons. The van der Waals surface area contributed by atoms with Crippen molar-refractivity contribution in [3.63, 3.8) is 0 Å². The zero-order chi connectivity index (χ0) is 13.1. The second-order valence-corrected chi connectivity index (χ2v) is 6.05. The van der Waals surface area contributed by atoms with Crippen LogP contribution in [-0.2, 0) is 0 Å². The average molecular weight is 308 g/mol. The van der Waals surface area contributed by atoms with E-state index in [4.69, 9.17) is 34.8 Å². The molecule has 0 amide bonds. The van der Waals surface area contributed by atoms with Gasteiger partial charge in [0.1, 0.15) is 11.0 Å². The van der Waals surface area contributed by atoms with Crippen LogP contribution in [0, 0.1) is 5.92 Å². The number of rotatable bonds is 3. The van der Waals surface area contributed by atoms with Crippen molar-refractivity contribution in [2.75, 3.05) is 5.32 Å². The normalized spacial score (nSPS) is 24.0. The van der Waals surface area contributed by atoms with Gasteiger partial charge in [0.25, 0.3) is 0 Å². The molecule has 1 fully saturated rings. The Labute approximate surface area is 123 Å². The minimum atomic E-state index is 0.298. The summed E-state index contributed by atoms with van der Waals surface area (Å²) in [7, 11) is 0. The van der Waals surface area contributed by atoms with Crippen LogP contribution in [0.15, 0.2) is 6.07 Å². The lowest BCUT2D eigenvalue weighted by molar-refractivity contribution is 0.327. The van der Waals surface area contributed by atoms with Gasteiger partial charge < -0.3 is 5.32 Å². The van der Waals surface area contributed by atoms with Crippen LogP contribution >= 0.6 is 34.8 Å². The average Bonchev–Trinajstić information content (AvgIpc) is 2.36. The number of nitrogens with one attached hydrogen (secondary N) is 1. The largest absolute Gasteiger partial charge is 0.366 e. The molecule has 1 heterocycles. The van der Waals surface area contributed by atoms with Gasteiger partial charge in [-0.2, -0.15) is 0 Å². The van der Waals surface area contributed by atoms with Crippen molar-refractivity contribution in [3.8, 4) is 0 Å². The van der Waals surface area contributed by atoms with E-state index in [9.17, 15) is 0 Å². The summed E-state index contributed by atoms with van der Waals surface area (Å²) >= 11 is 17.9. The molecular formula is C13H17Cl3N2.